The number of carbonyl (C=O) groups excluding carboxylic acids is 2. The molecule has 0 aromatic heterocycles. The van der Waals surface area contributed by atoms with Crippen molar-refractivity contribution < 1.29 is 24.2 Å². The van der Waals surface area contributed by atoms with Crippen molar-refractivity contribution in [1.82, 2.24) is 9.80 Å². The van der Waals surface area contributed by atoms with E-state index in [1.165, 1.54) is 4.90 Å². The summed E-state index contributed by atoms with van der Waals surface area (Å²) in [6, 6.07) is 10.4. The molecule has 2 aromatic carbocycles. The molecule has 1 saturated heterocycles. The van der Waals surface area contributed by atoms with Crippen LogP contribution < -0.4 is 14.4 Å². The number of aliphatic hydroxyl groups excluding tert-OH is 1. The summed E-state index contributed by atoms with van der Waals surface area (Å²) in [7, 11) is 3.11. The van der Waals surface area contributed by atoms with Gasteiger partial charge in [0.05, 0.1) is 37.1 Å². The van der Waals surface area contributed by atoms with Crippen LogP contribution in [0.2, 0.25) is 0 Å². The van der Waals surface area contributed by atoms with Gasteiger partial charge in [0.2, 0.25) is 0 Å². The molecule has 0 aliphatic carbocycles. The van der Waals surface area contributed by atoms with Crippen LogP contribution in [0.25, 0.3) is 0 Å². The van der Waals surface area contributed by atoms with Crippen molar-refractivity contribution in [1.29, 1.82) is 0 Å². The van der Waals surface area contributed by atoms with Gasteiger partial charge in [0.15, 0.2) is 11.5 Å². The number of benzene rings is 2. The Labute approximate surface area is 200 Å². The number of piperazine rings is 1. The second kappa shape index (κ2) is 10.4. The van der Waals surface area contributed by atoms with E-state index in [-0.39, 0.29) is 18.4 Å². The zero-order valence-corrected chi connectivity index (χ0v) is 20.1. The number of rotatable bonds is 9. The summed E-state index contributed by atoms with van der Waals surface area (Å²) in [5.41, 5.74) is 2.50. The number of hydrogen-bond donors (Lipinski definition) is 1. The maximum absolute atomic E-state index is 13.8. The van der Waals surface area contributed by atoms with E-state index in [2.05, 4.69) is 16.7 Å². The topological polar surface area (TPSA) is 82.6 Å². The van der Waals surface area contributed by atoms with Crippen molar-refractivity contribution in [3.8, 4) is 11.5 Å². The van der Waals surface area contributed by atoms with Crippen LogP contribution in [0.5, 0.6) is 11.5 Å². The third-order valence-corrected chi connectivity index (χ3v) is 6.82. The average molecular weight is 468 g/mol. The predicted molar refractivity (Wildman–Crippen MR) is 130 cm³/mol. The van der Waals surface area contributed by atoms with Crippen LogP contribution in [0.1, 0.15) is 52.1 Å². The molecule has 0 spiro atoms. The third kappa shape index (κ3) is 4.35. The van der Waals surface area contributed by atoms with Crippen LogP contribution in [-0.2, 0) is 0 Å². The van der Waals surface area contributed by atoms with E-state index in [1.807, 2.05) is 18.2 Å². The zero-order chi connectivity index (χ0) is 24.2. The van der Waals surface area contributed by atoms with E-state index in [4.69, 9.17) is 9.47 Å². The van der Waals surface area contributed by atoms with Gasteiger partial charge >= 0.3 is 0 Å². The summed E-state index contributed by atoms with van der Waals surface area (Å²) >= 11 is 0. The minimum atomic E-state index is -0.524. The molecule has 8 nitrogen and oxygen atoms in total. The highest BCUT2D eigenvalue weighted by Crippen LogP contribution is 2.40. The first-order chi connectivity index (χ1) is 16.5. The van der Waals surface area contributed by atoms with Crippen molar-refractivity contribution in [2.45, 2.75) is 25.8 Å². The SMILES string of the molecule is CCN1CCN(c2cccc3c2C(=O)N(C(CCCO)c2ccc(OC)c(OC)c2)C3=O)CC1. The van der Waals surface area contributed by atoms with E-state index in [0.29, 0.717) is 35.5 Å². The lowest BCUT2D eigenvalue weighted by atomic mass is 9.99. The molecule has 0 radical (unpaired) electrons. The quantitative estimate of drug-likeness (QED) is 0.568. The second-order valence-corrected chi connectivity index (χ2v) is 8.60. The lowest BCUT2D eigenvalue weighted by molar-refractivity contribution is 0.0567. The van der Waals surface area contributed by atoms with Gasteiger partial charge in [-0.2, -0.15) is 0 Å². The van der Waals surface area contributed by atoms with Gasteiger partial charge in [0.1, 0.15) is 0 Å². The van der Waals surface area contributed by atoms with Gasteiger partial charge in [0.25, 0.3) is 11.8 Å². The summed E-state index contributed by atoms with van der Waals surface area (Å²) in [5, 5.41) is 9.51. The number of methoxy groups -OCH3 is 2. The largest absolute Gasteiger partial charge is 0.493 e. The number of imide groups is 1. The summed E-state index contributed by atoms with van der Waals surface area (Å²) in [5.74, 6) is 0.515. The summed E-state index contributed by atoms with van der Waals surface area (Å²) in [4.78, 5) is 33.3. The Morgan fingerprint density at radius 1 is 0.971 bits per heavy atom. The molecule has 2 heterocycles. The number of anilines is 1. The van der Waals surface area contributed by atoms with Gasteiger partial charge in [-0.1, -0.05) is 19.1 Å². The zero-order valence-electron chi connectivity index (χ0n) is 20.1. The van der Waals surface area contributed by atoms with Crippen LogP contribution in [0, 0.1) is 0 Å². The molecule has 34 heavy (non-hydrogen) atoms. The molecular weight excluding hydrogens is 434 g/mol. The highest BCUT2D eigenvalue weighted by atomic mass is 16.5. The molecular formula is C26H33N3O5. The van der Waals surface area contributed by atoms with Gasteiger partial charge in [-0.3, -0.25) is 14.5 Å². The Balaban J connectivity index is 1.70. The predicted octanol–water partition coefficient (Wildman–Crippen LogP) is 2.96. The normalized spacial score (nSPS) is 17.2. The minimum Gasteiger partial charge on any atom is -0.493 e. The second-order valence-electron chi connectivity index (χ2n) is 8.60. The molecule has 0 bridgehead atoms. The summed E-state index contributed by atoms with van der Waals surface area (Å²) < 4.78 is 10.8. The maximum Gasteiger partial charge on any atom is 0.264 e. The first-order valence-electron chi connectivity index (χ1n) is 11.8. The standard InChI is InChI=1S/C26H33N3O5/c1-4-27-12-14-28(15-13-27)21-8-5-7-19-24(21)26(32)29(25(19)31)20(9-6-16-30)18-10-11-22(33-2)23(17-18)34-3/h5,7-8,10-11,17,20,30H,4,6,9,12-16H2,1-3H3. The van der Waals surface area contributed by atoms with Crippen molar-refractivity contribution in [2.24, 2.45) is 0 Å². The Morgan fingerprint density at radius 2 is 1.71 bits per heavy atom. The fourth-order valence-electron chi connectivity index (χ4n) is 4.93. The Morgan fingerprint density at radius 3 is 2.35 bits per heavy atom. The summed E-state index contributed by atoms with van der Waals surface area (Å²) in [6.07, 6.45) is 0.903. The third-order valence-electron chi connectivity index (χ3n) is 6.82. The van der Waals surface area contributed by atoms with Gasteiger partial charge in [-0.25, -0.2) is 0 Å². The Hall–Kier alpha value is -3.10. The molecule has 0 saturated carbocycles. The van der Waals surface area contributed by atoms with E-state index in [1.54, 1.807) is 32.4 Å². The number of aliphatic hydroxyl groups is 1. The van der Waals surface area contributed by atoms with Crippen molar-refractivity contribution >= 4 is 17.5 Å². The lowest BCUT2D eigenvalue weighted by Gasteiger charge is -2.36. The van der Waals surface area contributed by atoms with E-state index in [9.17, 15) is 14.7 Å². The smallest absolute Gasteiger partial charge is 0.264 e. The van der Waals surface area contributed by atoms with Gasteiger partial charge in [-0.15, -0.1) is 0 Å². The molecule has 1 fully saturated rings. The highest BCUT2D eigenvalue weighted by molar-refractivity contribution is 6.24. The molecule has 1 N–H and O–H groups in total. The number of hydrogen-bond acceptors (Lipinski definition) is 7. The minimum absolute atomic E-state index is 0.0279. The molecule has 182 valence electrons. The van der Waals surface area contributed by atoms with Crippen molar-refractivity contribution in [3.63, 3.8) is 0 Å². The van der Waals surface area contributed by atoms with Crippen LogP contribution in [0.4, 0.5) is 5.69 Å². The van der Waals surface area contributed by atoms with Crippen LogP contribution >= 0.6 is 0 Å². The molecule has 2 amide bonds. The van der Waals surface area contributed by atoms with Crippen LogP contribution in [0.15, 0.2) is 36.4 Å². The monoisotopic (exact) mass is 467 g/mol. The Kier molecular flexibility index (Phi) is 7.38. The summed E-state index contributed by atoms with van der Waals surface area (Å²) in [6.45, 7) is 6.61. The first kappa shape index (κ1) is 24.0. The van der Waals surface area contributed by atoms with Gasteiger partial charge in [0, 0.05) is 32.8 Å². The molecule has 2 aliphatic rings. The number of fused-ring (bicyclic) bond motifs is 1. The number of likely N-dealkylation sites (N-methyl/N-ethyl adjacent to an activating group) is 1. The molecule has 1 unspecified atom stereocenters. The van der Waals surface area contributed by atoms with Gasteiger partial charge < -0.3 is 24.4 Å². The van der Waals surface area contributed by atoms with E-state index in [0.717, 1.165) is 44.0 Å². The van der Waals surface area contributed by atoms with Crippen molar-refractivity contribution in [2.75, 3.05) is 58.5 Å². The number of ether oxygens (including phenoxy) is 2. The van der Waals surface area contributed by atoms with E-state index < -0.39 is 6.04 Å². The number of carbonyl (C=O) groups is 2. The molecule has 1 atom stereocenters. The average Bonchev–Trinajstić information content (AvgIpc) is 3.14. The molecule has 2 aliphatic heterocycles. The first-order valence-corrected chi connectivity index (χ1v) is 11.8. The van der Waals surface area contributed by atoms with E-state index >= 15 is 0 Å². The van der Waals surface area contributed by atoms with Crippen LogP contribution in [0.3, 0.4) is 0 Å². The fraction of sp³-hybridized carbons (Fsp3) is 0.462. The fourth-order valence-corrected chi connectivity index (χ4v) is 4.93. The van der Waals surface area contributed by atoms with Crippen molar-refractivity contribution in [3.05, 3.63) is 53.1 Å². The Bertz CT molecular complexity index is 1050. The molecule has 2 aromatic rings. The highest BCUT2D eigenvalue weighted by Gasteiger charge is 2.43. The van der Waals surface area contributed by atoms with Gasteiger partial charge in [-0.05, 0) is 49.2 Å². The number of amides is 2. The maximum atomic E-state index is 13.8. The van der Waals surface area contributed by atoms with Crippen LogP contribution in [-0.4, -0.2) is 80.3 Å². The molecule has 8 heteroatoms. The number of nitrogens with zero attached hydrogens (tertiary/aromatic N) is 3. The molecule has 4 rings (SSSR count). The lowest BCUT2D eigenvalue weighted by Crippen LogP contribution is -2.46.